The Morgan fingerprint density at radius 3 is 2.85 bits per heavy atom. The average molecular weight is 341 g/mol. The molecule has 0 saturated carbocycles. The Morgan fingerprint density at radius 1 is 1.45 bits per heavy atom. The van der Waals surface area contributed by atoms with Crippen LogP contribution < -0.4 is 5.32 Å². The minimum absolute atomic E-state index is 0.116. The zero-order valence-electron chi connectivity index (χ0n) is 12.3. The number of likely N-dealkylation sites (tertiary alicyclic amines) is 1. The van der Waals surface area contributed by atoms with Gasteiger partial charge in [-0.3, -0.25) is 0 Å². The van der Waals surface area contributed by atoms with Gasteiger partial charge in [-0.05, 0) is 44.0 Å². The smallest absolute Gasteiger partial charge is 0.0590 e. The topological polar surface area (TPSA) is 35.5 Å². The van der Waals surface area contributed by atoms with E-state index in [1.807, 2.05) is 13.1 Å². The number of nitrogens with one attached hydrogen (secondary N) is 1. The Morgan fingerprint density at radius 2 is 2.20 bits per heavy atom. The van der Waals surface area contributed by atoms with Crippen molar-refractivity contribution in [2.24, 2.45) is 5.92 Å². The number of nitrogens with zero attached hydrogens (tertiary/aromatic N) is 1. The van der Waals surface area contributed by atoms with Crippen LogP contribution >= 0.6 is 15.9 Å². The summed E-state index contributed by atoms with van der Waals surface area (Å²) in [6.07, 6.45) is 1.87. The Balaban J connectivity index is 1.90. The van der Waals surface area contributed by atoms with Crippen LogP contribution in [0.4, 0.5) is 0 Å². The summed E-state index contributed by atoms with van der Waals surface area (Å²) < 4.78 is 1.17. The molecule has 2 rings (SSSR count). The highest BCUT2D eigenvalue weighted by Gasteiger charge is 2.24. The average Bonchev–Trinajstić information content (AvgIpc) is 2.45. The van der Waals surface area contributed by atoms with Gasteiger partial charge in [-0.25, -0.2) is 0 Å². The van der Waals surface area contributed by atoms with Crippen LogP contribution in [0.5, 0.6) is 0 Å². The third kappa shape index (κ3) is 4.04. The number of aliphatic hydroxyl groups excluding tert-OH is 1. The van der Waals surface area contributed by atoms with Gasteiger partial charge >= 0.3 is 0 Å². The number of halogens is 1. The van der Waals surface area contributed by atoms with E-state index in [0.717, 1.165) is 32.5 Å². The number of benzene rings is 1. The predicted octanol–water partition coefficient (Wildman–Crippen LogP) is 2.80. The maximum Gasteiger partial charge on any atom is 0.0590 e. The van der Waals surface area contributed by atoms with Crippen molar-refractivity contribution in [2.75, 3.05) is 26.7 Å². The first-order chi connectivity index (χ1) is 9.61. The van der Waals surface area contributed by atoms with E-state index in [1.54, 1.807) is 0 Å². The van der Waals surface area contributed by atoms with Crippen LogP contribution in [-0.2, 0) is 0 Å². The Kier molecular flexibility index (Phi) is 6.02. The van der Waals surface area contributed by atoms with Crippen LogP contribution in [0.25, 0.3) is 0 Å². The molecule has 3 nitrogen and oxygen atoms in total. The van der Waals surface area contributed by atoms with Gasteiger partial charge in [-0.1, -0.05) is 41.1 Å². The zero-order chi connectivity index (χ0) is 14.5. The lowest BCUT2D eigenvalue weighted by atomic mass is 9.96. The first-order valence-corrected chi connectivity index (χ1v) is 8.23. The van der Waals surface area contributed by atoms with Crippen LogP contribution in [0, 0.1) is 5.92 Å². The van der Waals surface area contributed by atoms with Gasteiger partial charge in [-0.15, -0.1) is 0 Å². The van der Waals surface area contributed by atoms with Crippen molar-refractivity contribution in [1.82, 2.24) is 10.2 Å². The molecule has 1 fully saturated rings. The Bertz CT molecular complexity index is 427. The molecule has 1 aliphatic rings. The van der Waals surface area contributed by atoms with E-state index in [2.05, 4.69) is 51.3 Å². The molecule has 3 atom stereocenters. The highest BCUT2D eigenvalue weighted by atomic mass is 79.9. The summed E-state index contributed by atoms with van der Waals surface area (Å²) in [6.45, 7) is 5.23. The minimum atomic E-state index is -0.116. The molecule has 1 aromatic rings. The molecule has 0 bridgehead atoms. The van der Waals surface area contributed by atoms with Crippen molar-refractivity contribution in [3.63, 3.8) is 0 Å². The Hall–Kier alpha value is -0.420. The van der Waals surface area contributed by atoms with Crippen LogP contribution in [-0.4, -0.2) is 42.8 Å². The van der Waals surface area contributed by atoms with Crippen molar-refractivity contribution in [1.29, 1.82) is 0 Å². The third-order valence-corrected chi connectivity index (χ3v) is 5.03. The van der Waals surface area contributed by atoms with E-state index >= 15 is 0 Å². The van der Waals surface area contributed by atoms with Gasteiger partial charge in [0.15, 0.2) is 0 Å². The molecule has 0 amide bonds. The van der Waals surface area contributed by atoms with E-state index in [0.29, 0.717) is 12.0 Å². The monoisotopic (exact) mass is 340 g/mol. The molecule has 4 heteroatoms. The van der Waals surface area contributed by atoms with E-state index in [9.17, 15) is 5.11 Å². The first kappa shape index (κ1) is 16.0. The summed E-state index contributed by atoms with van der Waals surface area (Å²) >= 11 is 3.63. The van der Waals surface area contributed by atoms with Crippen LogP contribution in [0.2, 0.25) is 0 Å². The predicted molar refractivity (Wildman–Crippen MR) is 86.8 cm³/mol. The molecule has 1 aromatic carbocycles. The normalized spacial score (nSPS) is 25.6. The highest BCUT2D eigenvalue weighted by molar-refractivity contribution is 9.10. The van der Waals surface area contributed by atoms with Crippen molar-refractivity contribution >= 4 is 15.9 Å². The number of hydrogen-bond acceptors (Lipinski definition) is 3. The molecule has 0 spiro atoms. The summed E-state index contributed by atoms with van der Waals surface area (Å²) in [4.78, 5) is 2.47. The van der Waals surface area contributed by atoms with Crippen molar-refractivity contribution in [3.8, 4) is 0 Å². The second kappa shape index (κ2) is 7.55. The minimum Gasteiger partial charge on any atom is -0.393 e. The molecular formula is C16H25BrN2O. The molecule has 0 aromatic heterocycles. The van der Waals surface area contributed by atoms with E-state index < -0.39 is 0 Å². The van der Waals surface area contributed by atoms with Gasteiger partial charge in [0.1, 0.15) is 0 Å². The summed E-state index contributed by atoms with van der Waals surface area (Å²) in [5.41, 5.74) is 1.32. The van der Waals surface area contributed by atoms with Crippen LogP contribution in [0.1, 0.15) is 31.4 Å². The van der Waals surface area contributed by atoms with Crippen molar-refractivity contribution in [3.05, 3.63) is 34.3 Å². The van der Waals surface area contributed by atoms with Crippen molar-refractivity contribution < 1.29 is 5.11 Å². The van der Waals surface area contributed by atoms with Gasteiger partial charge < -0.3 is 15.3 Å². The van der Waals surface area contributed by atoms with Gasteiger partial charge in [0, 0.05) is 23.6 Å². The van der Waals surface area contributed by atoms with Gasteiger partial charge in [0.05, 0.1) is 6.10 Å². The number of piperidine rings is 1. The molecule has 1 heterocycles. The second-order valence-corrected chi connectivity index (χ2v) is 6.64. The fraction of sp³-hybridized carbons (Fsp3) is 0.625. The maximum atomic E-state index is 9.79. The molecule has 3 unspecified atom stereocenters. The lowest BCUT2D eigenvalue weighted by molar-refractivity contribution is 0.0338. The lowest BCUT2D eigenvalue weighted by Gasteiger charge is -2.35. The summed E-state index contributed by atoms with van der Waals surface area (Å²) in [7, 11) is 2.02. The van der Waals surface area contributed by atoms with Gasteiger partial charge in [0.25, 0.3) is 0 Å². The molecule has 1 saturated heterocycles. The third-order valence-electron chi connectivity index (χ3n) is 4.31. The lowest BCUT2D eigenvalue weighted by Crippen LogP contribution is -2.42. The number of rotatable bonds is 5. The van der Waals surface area contributed by atoms with Crippen LogP contribution in [0.15, 0.2) is 28.7 Å². The second-order valence-electron chi connectivity index (χ2n) is 5.79. The molecule has 0 radical (unpaired) electrons. The van der Waals surface area contributed by atoms with Crippen molar-refractivity contribution in [2.45, 2.75) is 31.9 Å². The Labute approximate surface area is 130 Å². The van der Waals surface area contributed by atoms with E-state index in [-0.39, 0.29) is 6.10 Å². The number of aliphatic hydroxyl groups is 1. The first-order valence-electron chi connectivity index (χ1n) is 7.44. The fourth-order valence-electron chi connectivity index (χ4n) is 2.95. The summed E-state index contributed by atoms with van der Waals surface area (Å²) in [6, 6.07) is 8.78. The molecule has 1 aliphatic heterocycles. The van der Waals surface area contributed by atoms with Crippen LogP contribution in [0.3, 0.4) is 0 Å². The highest BCUT2D eigenvalue weighted by Crippen LogP contribution is 2.26. The summed E-state index contributed by atoms with van der Waals surface area (Å²) in [5.74, 6) is 0.389. The fourth-order valence-corrected chi connectivity index (χ4v) is 3.51. The standard InChI is InChI=1S/C16H25BrN2O/c1-12-11-19(10-8-16(12)20)9-7-15(18-2)13-5-3-4-6-14(13)17/h3-6,12,15-16,18,20H,7-11H2,1-2H3. The van der Waals surface area contributed by atoms with E-state index in [1.165, 1.54) is 10.0 Å². The molecule has 112 valence electrons. The van der Waals surface area contributed by atoms with E-state index in [4.69, 9.17) is 0 Å². The maximum absolute atomic E-state index is 9.79. The van der Waals surface area contributed by atoms with Gasteiger partial charge in [0.2, 0.25) is 0 Å². The SMILES string of the molecule is CNC(CCN1CCC(O)C(C)C1)c1ccccc1Br. The quantitative estimate of drug-likeness (QED) is 0.865. The zero-order valence-corrected chi connectivity index (χ0v) is 13.9. The molecule has 2 N–H and O–H groups in total. The largest absolute Gasteiger partial charge is 0.393 e. The summed E-state index contributed by atoms with van der Waals surface area (Å²) in [5, 5.41) is 13.2. The van der Waals surface area contributed by atoms with Gasteiger partial charge in [-0.2, -0.15) is 0 Å². The molecule has 20 heavy (non-hydrogen) atoms. The molecular weight excluding hydrogens is 316 g/mol. The molecule has 0 aliphatic carbocycles. The number of hydrogen-bond donors (Lipinski definition) is 2.